The molecular weight excluding hydrogens is 344 g/mol. The monoisotopic (exact) mass is 362 g/mol. The molecule has 1 aromatic heterocycles. The van der Waals surface area contributed by atoms with Gasteiger partial charge in [-0.15, -0.1) is 0 Å². The molecule has 2 amide bonds. The number of H-pyrrole nitrogens is 1. The van der Waals surface area contributed by atoms with Gasteiger partial charge in [0.2, 0.25) is 5.60 Å². The van der Waals surface area contributed by atoms with Gasteiger partial charge in [0.05, 0.1) is 5.56 Å². The van der Waals surface area contributed by atoms with Crippen molar-refractivity contribution in [2.24, 2.45) is 5.92 Å². The number of alkyl carbamates (subject to hydrolysis) is 1. The quantitative estimate of drug-likeness (QED) is 0.748. The Morgan fingerprint density at radius 3 is 2.30 bits per heavy atom. The maximum absolute atomic E-state index is 12.8. The zero-order chi connectivity index (χ0) is 19.2. The Balaban J connectivity index is 1.81. The molecular formula is C21H18N2O4. The van der Waals surface area contributed by atoms with E-state index in [0.717, 1.165) is 16.3 Å². The molecule has 2 heterocycles. The normalized spacial score (nSPS) is 19.4. The molecule has 0 spiro atoms. The lowest BCUT2D eigenvalue weighted by molar-refractivity contribution is -0.136. The lowest BCUT2D eigenvalue weighted by Crippen LogP contribution is -2.45. The summed E-state index contributed by atoms with van der Waals surface area (Å²) >= 11 is 0. The molecule has 1 atom stereocenters. The number of ether oxygens (including phenoxy) is 1. The van der Waals surface area contributed by atoms with E-state index in [-0.39, 0.29) is 5.56 Å². The number of benzene rings is 2. The van der Waals surface area contributed by atoms with Crippen LogP contribution in [0.1, 0.15) is 19.4 Å². The highest BCUT2D eigenvalue weighted by Gasteiger charge is 2.54. The lowest BCUT2D eigenvalue weighted by Gasteiger charge is -2.28. The molecule has 4 rings (SSSR count). The summed E-state index contributed by atoms with van der Waals surface area (Å²) in [4.78, 5) is 39.6. The average molecular weight is 362 g/mol. The first-order chi connectivity index (χ1) is 12.9. The van der Waals surface area contributed by atoms with Gasteiger partial charge in [-0.1, -0.05) is 50.2 Å². The minimum atomic E-state index is -1.62. The van der Waals surface area contributed by atoms with E-state index in [0.29, 0.717) is 5.69 Å². The molecule has 1 saturated heterocycles. The Morgan fingerprint density at radius 2 is 1.67 bits per heavy atom. The Bertz CT molecular complexity index is 1130. The van der Waals surface area contributed by atoms with Gasteiger partial charge in [-0.25, -0.2) is 4.79 Å². The molecule has 2 N–H and O–H groups in total. The molecule has 6 heteroatoms. The van der Waals surface area contributed by atoms with Crippen LogP contribution in [0.5, 0.6) is 0 Å². The maximum Gasteiger partial charge on any atom is 0.415 e. The topological polar surface area (TPSA) is 88.3 Å². The maximum atomic E-state index is 12.8. The van der Waals surface area contributed by atoms with E-state index < -0.39 is 29.1 Å². The van der Waals surface area contributed by atoms with Crippen molar-refractivity contribution in [3.63, 3.8) is 0 Å². The molecule has 1 aliphatic rings. The van der Waals surface area contributed by atoms with Crippen molar-refractivity contribution < 1.29 is 14.3 Å². The fourth-order valence-electron chi connectivity index (χ4n) is 3.56. The lowest BCUT2D eigenvalue weighted by atomic mass is 9.83. The number of carbonyl (C=O) groups is 2. The second-order valence-corrected chi connectivity index (χ2v) is 6.91. The number of aromatic nitrogens is 1. The number of aromatic amines is 1. The number of pyridine rings is 1. The van der Waals surface area contributed by atoms with E-state index in [1.165, 1.54) is 0 Å². The van der Waals surface area contributed by atoms with Crippen LogP contribution in [-0.2, 0) is 15.1 Å². The van der Waals surface area contributed by atoms with Gasteiger partial charge in [0.1, 0.15) is 0 Å². The first kappa shape index (κ1) is 17.0. The molecule has 27 heavy (non-hydrogen) atoms. The summed E-state index contributed by atoms with van der Waals surface area (Å²) in [5.74, 6) is -1.02. The summed E-state index contributed by atoms with van der Waals surface area (Å²) in [5.41, 5.74) is -0.487. The summed E-state index contributed by atoms with van der Waals surface area (Å²) in [6, 6.07) is 17.1. The van der Waals surface area contributed by atoms with Gasteiger partial charge in [0.25, 0.3) is 11.5 Å². The SMILES string of the molecule is CC(C)[C@]1(c2ccc(-c3ccc4ccccc4c3)[nH]c2=O)OC(=O)NC1=O. The summed E-state index contributed by atoms with van der Waals surface area (Å²) in [6.45, 7) is 3.46. The molecule has 0 unspecified atom stereocenters. The van der Waals surface area contributed by atoms with Crippen molar-refractivity contribution >= 4 is 22.8 Å². The Morgan fingerprint density at radius 1 is 0.926 bits per heavy atom. The van der Waals surface area contributed by atoms with Crippen LogP contribution in [0.15, 0.2) is 59.4 Å². The summed E-state index contributed by atoms with van der Waals surface area (Å²) in [6.07, 6.45) is -0.841. The third-order valence-electron chi connectivity index (χ3n) is 4.99. The van der Waals surface area contributed by atoms with E-state index in [9.17, 15) is 14.4 Å². The number of carbonyl (C=O) groups excluding carboxylic acids is 2. The predicted molar refractivity (Wildman–Crippen MR) is 101 cm³/mol. The molecule has 6 nitrogen and oxygen atoms in total. The highest BCUT2D eigenvalue weighted by atomic mass is 16.6. The fraction of sp³-hybridized carbons (Fsp3) is 0.190. The van der Waals surface area contributed by atoms with Gasteiger partial charge < -0.3 is 9.72 Å². The Labute approximate surface area is 155 Å². The molecule has 1 fully saturated rings. The smallest absolute Gasteiger partial charge is 0.415 e. The van der Waals surface area contributed by atoms with Crippen LogP contribution in [0.25, 0.3) is 22.0 Å². The minimum absolute atomic E-state index is 0.116. The van der Waals surface area contributed by atoms with Gasteiger partial charge in [-0.2, -0.15) is 0 Å². The van der Waals surface area contributed by atoms with Crippen molar-refractivity contribution in [1.82, 2.24) is 10.3 Å². The molecule has 0 aliphatic carbocycles. The van der Waals surface area contributed by atoms with Crippen LogP contribution in [0, 0.1) is 5.92 Å². The number of hydrogen-bond acceptors (Lipinski definition) is 4. The van der Waals surface area contributed by atoms with Gasteiger partial charge in [-0.3, -0.25) is 14.9 Å². The van der Waals surface area contributed by atoms with Crippen LogP contribution >= 0.6 is 0 Å². The van der Waals surface area contributed by atoms with Crippen LogP contribution in [0.3, 0.4) is 0 Å². The highest BCUT2D eigenvalue weighted by Crippen LogP contribution is 2.36. The van der Waals surface area contributed by atoms with Crippen molar-refractivity contribution in [2.75, 3.05) is 0 Å². The Kier molecular flexibility index (Phi) is 3.84. The minimum Gasteiger partial charge on any atom is -0.427 e. The van der Waals surface area contributed by atoms with E-state index in [1.54, 1.807) is 26.0 Å². The number of fused-ring (bicyclic) bond motifs is 1. The van der Waals surface area contributed by atoms with Gasteiger partial charge in [-0.05, 0) is 34.5 Å². The number of rotatable bonds is 3. The standard InChI is InChI=1S/C21H18N2O4/c1-12(2)21(19(25)23-20(26)27-21)16-9-10-17(22-18(16)24)15-8-7-13-5-3-4-6-14(13)11-15/h3-12H,1-2H3,(H,22,24)(H,23,25,26)/t21-/m1/s1. The average Bonchev–Trinajstić information content (AvgIpc) is 2.96. The van der Waals surface area contributed by atoms with Crippen molar-refractivity contribution in [1.29, 1.82) is 0 Å². The number of nitrogens with one attached hydrogen (secondary N) is 2. The summed E-state index contributed by atoms with van der Waals surface area (Å²) < 4.78 is 5.27. The first-order valence-corrected chi connectivity index (χ1v) is 8.69. The molecule has 1 aliphatic heterocycles. The van der Waals surface area contributed by atoms with Gasteiger partial charge >= 0.3 is 6.09 Å². The predicted octanol–water partition coefficient (Wildman–Crippen LogP) is 3.31. The van der Waals surface area contributed by atoms with E-state index in [4.69, 9.17) is 4.74 Å². The number of cyclic esters (lactones) is 1. The van der Waals surface area contributed by atoms with Crippen LogP contribution in [0.4, 0.5) is 4.79 Å². The van der Waals surface area contributed by atoms with Crippen molar-refractivity contribution in [2.45, 2.75) is 19.4 Å². The second-order valence-electron chi connectivity index (χ2n) is 6.91. The third kappa shape index (κ3) is 2.61. The van der Waals surface area contributed by atoms with Crippen molar-refractivity contribution in [3.8, 4) is 11.3 Å². The molecule has 0 saturated carbocycles. The summed E-state index contributed by atoms with van der Waals surface area (Å²) in [5, 5.41) is 4.29. The third-order valence-corrected chi connectivity index (χ3v) is 4.99. The van der Waals surface area contributed by atoms with Gasteiger partial charge in [0, 0.05) is 11.6 Å². The highest BCUT2D eigenvalue weighted by molar-refractivity contribution is 6.03. The number of hydrogen-bond donors (Lipinski definition) is 2. The number of imide groups is 1. The second kappa shape index (κ2) is 6.09. The van der Waals surface area contributed by atoms with Crippen LogP contribution < -0.4 is 10.9 Å². The zero-order valence-corrected chi connectivity index (χ0v) is 14.9. The summed E-state index contributed by atoms with van der Waals surface area (Å²) in [7, 11) is 0. The Hall–Kier alpha value is -3.41. The molecule has 0 bridgehead atoms. The van der Waals surface area contributed by atoms with E-state index >= 15 is 0 Å². The van der Waals surface area contributed by atoms with E-state index in [1.807, 2.05) is 42.5 Å². The molecule has 2 aromatic carbocycles. The molecule has 0 radical (unpaired) electrons. The van der Waals surface area contributed by atoms with Crippen LogP contribution in [0.2, 0.25) is 0 Å². The van der Waals surface area contributed by atoms with Crippen LogP contribution in [-0.4, -0.2) is 17.0 Å². The molecule has 3 aromatic rings. The largest absolute Gasteiger partial charge is 0.427 e. The first-order valence-electron chi connectivity index (χ1n) is 8.69. The fourth-order valence-corrected chi connectivity index (χ4v) is 3.56. The van der Waals surface area contributed by atoms with Crippen molar-refractivity contribution in [3.05, 3.63) is 70.5 Å². The van der Waals surface area contributed by atoms with Gasteiger partial charge in [0.15, 0.2) is 0 Å². The van der Waals surface area contributed by atoms with E-state index in [2.05, 4.69) is 10.3 Å². The number of amides is 2. The zero-order valence-electron chi connectivity index (χ0n) is 14.9. The molecule has 136 valence electrons.